The maximum absolute atomic E-state index is 12.1. The molecular formula is C20H24Br2N2O4. The number of pyridine rings is 1. The standard InChI is InChI=1S/C20H24Br2N2O4/c1-20(2,3)24-19(25)28-16(12-26-11-14-7-5-4-6-8-14)13-27-18-17(22)9-15(21)10-23-18/h4-10,16H,11-13H2,1-3H3,(H,24,25)/t16-/m0/s1. The molecule has 0 aliphatic rings. The van der Waals surface area contributed by atoms with Crippen LogP contribution in [0.5, 0.6) is 5.88 Å². The lowest BCUT2D eigenvalue weighted by Gasteiger charge is -2.24. The van der Waals surface area contributed by atoms with Gasteiger partial charge in [0.25, 0.3) is 0 Å². The van der Waals surface area contributed by atoms with Gasteiger partial charge in [0, 0.05) is 16.2 Å². The molecule has 0 bridgehead atoms. The fourth-order valence-corrected chi connectivity index (χ4v) is 3.27. The first kappa shape index (κ1) is 22.6. The van der Waals surface area contributed by atoms with E-state index in [1.54, 1.807) is 6.20 Å². The van der Waals surface area contributed by atoms with Crippen molar-refractivity contribution in [1.29, 1.82) is 0 Å². The Balaban J connectivity index is 1.94. The number of benzene rings is 1. The number of aromatic nitrogens is 1. The van der Waals surface area contributed by atoms with Crippen LogP contribution in [0, 0.1) is 0 Å². The van der Waals surface area contributed by atoms with E-state index in [9.17, 15) is 4.79 Å². The number of carbonyl (C=O) groups excluding carboxylic acids is 1. The molecule has 0 saturated heterocycles. The quantitative estimate of drug-likeness (QED) is 0.530. The number of halogens is 2. The van der Waals surface area contributed by atoms with E-state index in [0.717, 1.165) is 10.0 Å². The van der Waals surface area contributed by atoms with Crippen LogP contribution in [0.1, 0.15) is 26.3 Å². The average Bonchev–Trinajstić information content (AvgIpc) is 2.60. The Kier molecular flexibility index (Phi) is 8.72. The van der Waals surface area contributed by atoms with Gasteiger partial charge in [-0.25, -0.2) is 9.78 Å². The van der Waals surface area contributed by atoms with Gasteiger partial charge >= 0.3 is 6.09 Å². The summed E-state index contributed by atoms with van der Waals surface area (Å²) in [6.45, 7) is 6.37. The molecule has 2 rings (SSSR count). The van der Waals surface area contributed by atoms with Gasteiger partial charge in [-0.15, -0.1) is 0 Å². The van der Waals surface area contributed by atoms with Crippen molar-refractivity contribution in [1.82, 2.24) is 10.3 Å². The van der Waals surface area contributed by atoms with Crippen molar-refractivity contribution in [2.24, 2.45) is 0 Å². The summed E-state index contributed by atoms with van der Waals surface area (Å²) in [5.41, 5.74) is 0.641. The zero-order valence-corrected chi connectivity index (χ0v) is 19.2. The van der Waals surface area contributed by atoms with E-state index < -0.39 is 17.7 Å². The molecule has 1 aromatic heterocycles. The number of hydrogen-bond donors (Lipinski definition) is 1. The van der Waals surface area contributed by atoms with E-state index in [1.807, 2.05) is 57.2 Å². The van der Waals surface area contributed by atoms with Crippen molar-refractivity contribution in [3.63, 3.8) is 0 Å². The molecule has 1 heterocycles. The summed E-state index contributed by atoms with van der Waals surface area (Å²) < 4.78 is 18.5. The zero-order chi connectivity index (χ0) is 20.6. The van der Waals surface area contributed by atoms with Gasteiger partial charge in [0.2, 0.25) is 5.88 Å². The summed E-state index contributed by atoms with van der Waals surface area (Å²) in [4.78, 5) is 16.4. The number of amides is 1. The van der Waals surface area contributed by atoms with Gasteiger partial charge in [-0.05, 0) is 64.3 Å². The van der Waals surface area contributed by atoms with Crippen LogP contribution in [0.3, 0.4) is 0 Å². The van der Waals surface area contributed by atoms with Gasteiger partial charge in [-0.3, -0.25) is 0 Å². The van der Waals surface area contributed by atoms with Crippen molar-refractivity contribution in [2.75, 3.05) is 13.2 Å². The summed E-state index contributed by atoms with van der Waals surface area (Å²) in [6, 6.07) is 11.6. The highest BCUT2D eigenvalue weighted by atomic mass is 79.9. The molecule has 8 heteroatoms. The molecule has 0 aliphatic heterocycles. The topological polar surface area (TPSA) is 69.7 Å². The smallest absolute Gasteiger partial charge is 0.408 e. The third kappa shape index (κ3) is 8.58. The second kappa shape index (κ2) is 10.8. The van der Waals surface area contributed by atoms with Crippen LogP contribution < -0.4 is 10.1 Å². The third-order valence-corrected chi connectivity index (χ3v) is 4.35. The molecular weight excluding hydrogens is 492 g/mol. The van der Waals surface area contributed by atoms with Crippen molar-refractivity contribution >= 4 is 38.0 Å². The summed E-state index contributed by atoms with van der Waals surface area (Å²) in [7, 11) is 0. The SMILES string of the molecule is CC(C)(C)NC(=O)O[C@@H](COCc1ccccc1)COc1ncc(Br)cc1Br. The lowest BCUT2D eigenvalue weighted by atomic mass is 10.1. The first-order chi connectivity index (χ1) is 13.2. The molecule has 0 spiro atoms. The molecule has 0 radical (unpaired) electrons. The van der Waals surface area contributed by atoms with Crippen LogP contribution >= 0.6 is 31.9 Å². The molecule has 0 fully saturated rings. The number of ether oxygens (including phenoxy) is 3. The molecule has 152 valence electrons. The van der Waals surface area contributed by atoms with Crippen LogP contribution in [-0.2, 0) is 16.1 Å². The van der Waals surface area contributed by atoms with Gasteiger partial charge in [-0.2, -0.15) is 0 Å². The maximum atomic E-state index is 12.1. The summed E-state index contributed by atoms with van der Waals surface area (Å²) in [5, 5.41) is 2.77. The first-order valence-electron chi connectivity index (χ1n) is 8.77. The number of nitrogens with one attached hydrogen (secondary N) is 1. The molecule has 28 heavy (non-hydrogen) atoms. The molecule has 0 unspecified atom stereocenters. The monoisotopic (exact) mass is 514 g/mol. The van der Waals surface area contributed by atoms with Crippen molar-refractivity contribution in [3.05, 3.63) is 57.1 Å². The van der Waals surface area contributed by atoms with E-state index in [-0.39, 0.29) is 13.2 Å². The van der Waals surface area contributed by atoms with E-state index in [4.69, 9.17) is 14.2 Å². The first-order valence-corrected chi connectivity index (χ1v) is 10.4. The number of carbonyl (C=O) groups is 1. The van der Waals surface area contributed by atoms with Crippen LogP contribution in [0.15, 0.2) is 51.5 Å². The van der Waals surface area contributed by atoms with Gasteiger partial charge in [-0.1, -0.05) is 30.3 Å². The van der Waals surface area contributed by atoms with Gasteiger partial charge in [0.15, 0.2) is 6.10 Å². The van der Waals surface area contributed by atoms with E-state index >= 15 is 0 Å². The lowest BCUT2D eigenvalue weighted by Crippen LogP contribution is -2.44. The minimum atomic E-state index is -0.594. The van der Waals surface area contributed by atoms with Crippen molar-refractivity contribution in [2.45, 2.75) is 39.0 Å². The molecule has 1 amide bonds. The highest BCUT2D eigenvalue weighted by Crippen LogP contribution is 2.25. The molecule has 1 atom stereocenters. The second-order valence-corrected chi connectivity index (χ2v) is 8.92. The van der Waals surface area contributed by atoms with E-state index in [2.05, 4.69) is 42.2 Å². The Labute approximate surface area is 182 Å². The molecule has 0 saturated carbocycles. The van der Waals surface area contributed by atoms with E-state index in [0.29, 0.717) is 17.0 Å². The van der Waals surface area contributed by atoms with Crippen LogP contribution in [0.25, 0.3) is 0 Å². The maximum Gasteiger partial charge on any atom is 0.408 e. The Morgan fingerprint density at radius 1 is 1.18 bits per heavy atom. The van der Waals surface area contributed by atoms with Gasteiger partial charge in [0.1, 0.15) is 6.61 Å². The highest BCUT2D eigenvalue weighted by Gasteiger charge is 2.21. The summed E-state index contributed by atoms with van der Waals surface area (Å²) >= 11 is 6.75. The third-order valence-electron chi connectivity index (χ3n) is 3.35. The van der Waals surface area contributed by atoms with Crippen molar-refractivity contribution in [3.8, 4) is 5.88 Å². The van der Waals surface area contributed by atoms with Gasteiger partial charge < -0.3 is 19.5 Å². The lowest BCUT2D eigenvalue weighted by molar-refractivity contribution is -0.00958. The Morgan fingerprint density at radius 3 is 2.54 bits per heavy atom. The number of rotatable bonds is 8. The molecule has 1 N–H and O–H groups in total. The van der Waals surface area contributed by atoms with E-state index in [1.165, 1.54) is 0 Å². The fourth-order valence-electron chi connectivity index (χ4n) is 2.17. The number of hydrogen-bond acceptors (Lipinski definition) is 5. The van der Waals surface area contributed by atoms with Crippen LogP contribution in [0.4, 0.5) is 4.79 Å². The predicted molar refractivity (Wildman–Crippen MR) is 114 cm³/mol. The Bertz CT molecular complexity index is 767. The number of alkyl carbamates (subject to hydrolysis) is 1. The molecule has 2 aromatic rings. The van der Waals surface area contributed by atoms with Crippen LogP contribution in [-0.4, -0.2) is 35.9 Å². The molecule has 1 aromatic carbocycles. The largest absolute Gasteiger partial charge is 0.473 e. The Morgan fingerprint density at radius 2 is 1.89 bits per heavy atom. The highest BCUT2D eigenvalue weighted by molar-refractivity contribution is 9.11. The molecule has 0 aliphatic carbocycles. The minimum absolute atomic E-state index is 0.111. The average molecular weight is 516 g/mol. The number of nitrogens with zero attached hydrogens (tertiary/aromatic N) is 1. The van der Waals surface area contributed by atoms with Crippen molar-refractivity contribution < 1.29 is 19.0 Å². The zero-order valence-electron chi connectivity index (χ0n) is 16.1. The van der Waals surface area contributed by atoms with Crippen LogP contribution in [0.2, 0.25) is 0 Å². The minimum Gasteiger partial charge on any atom is -0.473 e. The van der Waals surface area contributed by atoms with Gasteiger partial charge in [0.05, 0.1) is 17.7 Å². The molecule has 6 nitrogen and oxygen atoms in total. The summed E-state index contributed by atoms with van der Waals surface area (Å²) in [6.07, 6.45) is 0.518. The predicted octanol–water partition coefficient (Wildman–Crippen LogP) is 5.10. The normalized spacial score (nSPS) is 12.3. The second-order valence-electron chi connectivity index (χ2n) is 7.15. The Hall–Kier alpha value is -1.64. The fraction of sp³-hybridized carbons (Fsp3) is 0.400. The summed E-state index contributed by atoms with van der Waals surface area (Å²) in [5.74, 6) is 0.413.